The number of sulfonamides is 1. The van der Waals surface area contributed by atoms with Crippen LogP contribution in [0, 0.1) is 6.92 Å². The number of halogens is 1. The minimum atomic E-state index is -3.56. The first-order valence-corrected chi connectivity index (χ1v) is 8.85. The summed E-state index contributed by atoms with van der Waals surface area (Å²) in [6, 6.07) is 6.92. The summed E-state index contributed by atoms with van der Waals surface area (Å²) >= 11 is 6.01. The molecule has 1 heterocycles. The van der Waals surface area contributed by atoms with Crippen LogP contribution >= 0.6 is 11.6 Å². The zero-order valence-corrected chi connectivity index (χ0v) is 13.7. The van der Waals surface area contributed by atoms with E-state index in [0.29, 0.717) is 23.9 Å². The Morgan fingerprint density at radius 3 is 2.81 bits per heavy atom. The number of nitrogens with zero attached hydrogens (tertiary/aromatic N) is 1. The van der Waals surface area contributed by atoms with E-state index >= 15 is 0 Å². The molecule has 0 spiro atoms. The highest BCUT2D eigenvalue weighted by Gasteiger charge is 2.18. The van der Waals surface area contributed by atoms with Gasteiger partial charge in [-0.1, -0.05) is 13.0 Å². The van der Waals surface area contributed by atoms with E-state index in [1.165, 1.54) is 0 Å². The Kier molecular flexibility index (Phi) is 5.19. The highest BCUT2D eigenvalue weighted by molar-refractivity contribution is 7.89. The van der Waals surface area contributed by atoms with Crippen molar-refractivity contribution in [3.05, 3.63) is 36.0 Å². The molecule has 1 unspecified atom stereocenters. The third-order valence-corrected chi connectivity index (χ3v) is 5.46. The second-order valence-electron chi connectivity index (χ2n) is 4.97. The Hall–Kier alpha value is -1.17. The summed E-state index contributed by atoms with van der Waals surface area (Å²) in [5.41, 5.74) is 1.67. The molecular weight excluding hydrogens is 308 g/mol. The molecule has 21 heavy (non-hydrogen) atoms. The SMILES string of the molecule is CCC(Cl)CCNS(=O)(=O)c1ccc(C)c2ncccc12. The topological polar surface area (TPSA) is 59.1 Å². The van der Waals surface area contributed by atoms with Crippen LogP contribution in [-0.4, -0.2) is 25.3 Å². The van der Waals surface area contributed by atoms with Gasteiger partial charge in [0.15, 0.2) is 0 Å². The molecule has 0 aliphatic rings. The summed E-state index contributed by atoms with van der Waals surface area (Å²) in [6.45, 7) is 4.23. The highest BCUT2D eigenvalue weighted by Crippen LogP contribution is 2.24. The van der Waals surface area contributed by atoms with Crippen molar-refractivity contribution in [3.8, 4) is 0 Å². The Morgan fingerprint density at radius 2 is 2.10 bits per heavy atom. The van der Waals surface area contributed by atoms with Crippen molar-refractivity contribution in [3.63, 3.8) is 0 Å². The minimum Gasteiger partial charge on any atom is -0.256 e. The Balaban J connectivity index is 2.31. The van der Waals surface area contributed by atoms with Crippen molar-refractivity contribution in [2.75, 3.05) is 6.54 Å². The fraction of sp³-hybridized carbons (Fsp3) is 0.400. The third-order valence-electron chi connectivity index (χ3n) is 3.41. The molecular formula is C15H19ClN2O2S. The van der Waals surface area contributed by atoms with Crippen molar-refractivity contribution in [1.82, 2.24) is 9.71 Å². The van der Waals surface area contributed by atoms with Crippen molar-refractivity contribution in [1.29, 1.82) is 0 Å². The van der Waals surface area contributed by atoms with Gasteiger partial charge in [-0.2, -0.15) is 0 Å². The average molecular weight is 327 g/mol. The lowest BCUT2D eigenvalue weighted by molar-refractivity contribution is 0.577. The van der Waals surface area contributed by atoms with Crippen molar-refractivity contribution >= 4 is 32.5 Å². The van der Waals surface area contributed by atoms with Crippen LogP contribution in [0.1, 0.15) is 25.3 Å². The summed E-state index contributed by atoms with van der Waals surface area (Å²) in [5.74, 6) is 0. The summed E-state index contributed by atoms with van der Waals surface area (Å²) in [6.07, 6.45) is 3.10. The second-order valence-corrected chi connectivity index (χ2v) is 7.32. The lowest BCUT2D eigenvalue weighted by Gasteiger charge is -2.11. The normalized spacial score (nSPS) is 13.5. The van der Waals surface area contributed by atoms with E-state index in [0.717, 1.165) is 12.0 Å². The van der Waals surface area contributed by atoms with E-state index in [4.69, 9.17) is 11.6 Å². The Morgan fingerprint density at radius 1 is 1.33 bits per heavy atom. The number of fused-ring (bicyclic) bond motifs is 1. The van der Waals surface area contributed by atoms with Gasteiger partial charge in [-0.15, -0.1) is 11.6 Å². The Bertz CT molecular complexity index is 732. The lowest BCUT2D eigenvalue weighted by Crippen LogP contribution is -2.26. The molecule has 0 aliphatic carbocycles. The van der Waals surface area contributed by atoms with Gasteiger partial charge >= 0.3 is 0 Å². The van der Waals surface area contributed by atoms with E-state index < -0.39 is 10.0 Å². The molecule has 1 aromatic carbocycles. The second kappa shape index (κ2) is 6.73. The van der Waals surface area contributed by atoms with Crippen LogP contribution in [-0.2, 0) is 10.0 Å². The van der Waals surface area contributed by atoms with Gasteiger partial charge in [0.05, 0.1) is 10.4 Å². The molecule has 1 N–H and O–H groups in total. The minimum absolute atomic E-state index is 0.0101. The molecule has 0 fully saturated rings. The molecule has 0 radical (unpaired) electrons. The molecule has 0 saturated carbocycles. The zero-order valence-electron chi connectivity index (χ0n) is 12.1. The number of pyridine rings is 1. The smallest absolute Gasteiger partial charge is 0.241 e. The zero-order chi connectivity index (χ0) is 15.5. The number of aromatic nitrogens is 1. The highest BCUT2D eigenvalue weighted by atomic mass is 35.5. The number of aryl methyl sites for hydroxylation is 1. The van der Waals surface area contributed by atoms with Gasteiger partial charge in [-0.25, -0.2) is 13.1 Å². The maximum absolute atomic E-state index is 12.4. The summed E-state index contributed by atoms with van der Waals surface area (Å²) < 4.78 is 27.5. The van der Waals surface area contributed by atoms with Crippen LogP contribution in [0.4, 0.5) is 0 Å². The third kappa shape index (κ3) is 3.73. The first-order chi connectivity index (χ1) is 9.95. The molecule has 4 nitrogen and oxygen atoms in total. The maximum atomic E-state index is 12.4. The standard InChI is InChI=1S/C15H19ClN2O2S/c1-3-12(16)8-10-18-21(19,20)14-7-6-11(2)15-13(14)5-4-9-17-15/h4-7,9,12,18H,3,8,10H2,1-2H3. The van der Waals surface area contributed by atoms with Crippen LogP contribution in [0.5, 0.6) is 0 Å². The van der Waals surface area contributed by atoms with Gasteiger partial charge in [0.1, 0.15) is 0 Å². The fourth-order valence-electron chi connectivity index (χ4n) is 2.15. The van der Waals surface area contributed by atoms with E-state index in [2.05, 4.69) is 9.71 Å². The molecule has 114 valence electrons. The number of nitrogens with one attached hydrogen (secondary N) is 1. The molecule has 0 saturated heterocycles. The van der Waals surface area contributed by atoms with Crippen LogP contribution in [0.25, 0.3) is 10.9 Å². The summed E-state index contributed by atoms with van der Waals surface area (Å²) in [5, 5.41) is 0.632. The van der Waals surface area contributed by atoms with Crippen LogP contribution in [0.15, 0.2) is 35.4 Å². The van der Waals surface area contributed by atoms with Crippen molar-refractivity contribution in [2.45, 2.75) is 37.0 Å². The molecule has 0 amide bonds. The van der Waals surface area contributed by atoms with Gasteiger partial charge in [-0.05, 0) is 43.5 Å². The predicted octanol–water partition coefficient (Wildman–Crippen LogP) is 3.23. The monoisotopic (exact) mass is 326 g/mol. The van der Waals surface area contributed by atoms with Crippen LogP contribution < -0.4 is 4.72 Å². The van der Waals surface area contributed by atoms with Crippen molar-refractivity contribution < 1.29 is 8.42 Å². The molecule has 6 heteroatoms. The van der Waals surface area contributed by atoms with Gasteiger partial charge in [-0.3, -0.25) is 4.98 Å². The van der Waals surface area contributed by atoms with Crippen molar-refractivity contribution in [2.24, 2.45) is 0 Å². The van der Waals surface area contributed by atoms with E-state index in [1.807, 2.05) is 13.8 Å². The Labute approximate surface area is 130 Å². The predicted molar refractivity (Wildman–Crippen MR) is 86.2 cm³/mol. The molecule has 1 atom stereocenters. The number of alkyl halides is 1. The quantitative estimate of drug-likeness (QED) is 0.829. The van der Waals surface area contributed by atoms with Gasteiger partial charge in [0.2, 0.25) is 10.0 Å². The number of hydrogen-bond acceptors (Lipinski definition) is 3. The molecule has 0 bridgehead atoms. The first kappa shape index (κ1) is 16.2. The van der Waals surface area contributed by atoms with Crippen LogP contribution in [0.3, 0.4) is 0 Å². The molecule has 0 aliphatic heterocycles. The van der Waals surface area contributed by atoms with Gasteiger partial charge < -0.3 is 0 Å². The number of hydrogen-bond donors (Lipinski definition) is 1. The summed E-state index contributed by atoms with van der Waals surface area (Å²) in [4.78, 5) is 4.53. The average Bonchev–Trinajstić information content (AvgIpc) is 2.47. The van der Waals surface area contributed by atoms with E-state index in [9.17, 15) is 8.42 Å². The largest absolute Gasteiger partial charge is 0.256 e. The lowest BCUT2D eigenvalue weighted by atomic mass is 10.1. The summed E-state index contributed by atoms with van der Waals surface area (Å²) in [7, 11) is -3.56. The molecule has 1 aromatic heterocycles. The number of benzene rings is 1. The van der Waals surface area contributed by atoms with Crippen LogP contribution in [0.2, 0.25) is 0 Å². The fourth-order valence-corrected chi connectivity index (χ4v) is 3.51. The number of rotatable bonds is 6. The molecule has 2 aromatic rings. The molecule has 2 rings (SSSR count). The maximum Gasteiger partial charge on any atom is 0.241 e. The first-order valence-electron chi connectivity index (χ1n) is 6.93. The van der Waals surface area contributed by atoms with Gasteiger partial charge in [0.25, 0.3) is 0 Å². The van der Waals surface area contributed by atoms with E-state index in [1.54, 1.807) is 30.5 Å². The van der Waals surface area contributed by atoms with Gasteiger partial charge in [0, 0.05) is 23.5 Å². The van der Waals surface area contributed by atoms with E-state index in [-0.39, 0.29) is 10.3 Å².